The van der Waals surface area contributed by atoms with Crippen molar-refractivity contribution in [2.45, 2.75) is 6.54 Å². The minimum Gasteiger partial charge on any atom is -0.267 e. The summed E-state index contributed by atoms with van der Waals surface area (Å²) in [6.07, 6.45) is 3.14. The fourth-order valence-corrected chi connectivity index (χ4v) is 3.47. The molecule has 0 unspecified atom stereocenters. The lowest BCUT2D eigenvalue weighted by atomic mass is 10.2. The van der Waals surface area contributed by atoms with Gasteiger partial charge in [-0.3, -0.25) is 9.48 Å². The number of halogens is 3. The molecule has 2 aromatic carbocycles. The van der Waals surface area contributed by atoms with Gasteiger partial charge in [-0.05, 0) is 35.9 Å². The van der Waals surface area contributed by atoms with Crippen LogP contribution in [0, 0.1) is 0 Å². The van der Waals surface area contributed by atoms with E-state index in [0.29, 0.717) is 27.3 Å². The van der Waals surface area contributed by atoms with Gasteiger partial charge in [-0.25, -0.2) is 10.4 Å². The fourth-order valence-electron chi connectivity index (χ4n) is 2.81. The van der Waals surface area contributed by atoms with Crippen LogP contribution in [-0.2, 0) is 6.54 Å². The minimum absolute atomic E-state index is 0.222. The highest BCUT2D eigenvalue weighted by atomic mass is 35.5. The number of carbonyl (C=O) groups excluding carboxylic acids is 1. The van der Waals surface area contributed by atoms with Crippen molar-refractivity contribution >= 4 is 57.8 Å². The summed E-state index contributed by atoms with van der Waals surface area (Å²) in [5.74, 6) is -0.447. The first-order chi connectivity index (χ1) is 14.5. The van der Waals surface area contributed by atoms with Gasteiger partial charge in [-0.1, -0.05) is 59.1 Å². The van der Waals surface area contributed by atoms with E-state index in [2.05, 4.69) is 20.6 Å². The Kier molecular flexibility index (Phi) is 5.99. The van der Waals surface area contributed by atoms with Gasteiger partial charge in [0.25, 0.3) is 5.91 Å². The van der Waals surface area contributed by atoms with Gasteiger partial charge in [-0.2, -0.15) is 10.2 Å². The number of fused-ring (bicyclic) bond motifs is 1. The van der Waals surface area contributed by atoms with Crippen molar-refractivity contribution in [2.24, 2.45) is 5.10 Å². The van der Waals surface area contributed by atoms with Crippen molar-refractivity contribution in [2.75, 3.05) is 0 Å². The first-order valence-corrected chi connectivity index (χ1v) is 9.99. The zero-order valence-corrected chi connectivity index (χ0v) is 17.7. The summed E-state index contributed by atoms with van der Waals surface area (Å²) in [5, 5.41) is 10.5. The molecule has 4 rings (SSSR count). The second kappa shape index (κ2) is 8.83. The van der Waals surface area contributed by atoms with E-state index < -0.39 is 5.91 Å². The summed E-state index contributed by atoms with van der Waals surface area (Å²) in [7, 11) is 0. The van der Waals surface area contributed by atoms with Gasteiger partial charge in [0, 0.05) is 27.2 Å². The summed E-state index contributed by atoms with van der Waals surface area (Å²) >= 11 is 18.3. The topological polar surface area (TPSA) is 72.2 Å². The molecule has 0 saturated carbocycles. The molecule has 0 atom stereocenters. The Hall–Kier alpha value is -2.93. The lowest BCUT2D eigenvalue weighted by Crippen LogP contribution is -2.18. The normalized spacial score (nSPS) is 11.3. The van der Waals surface area contributed by atoms with Crippen LogP contribution in [-0.4, -0.2) is 26.9 Å². The first kappa shape index (κ1) is 20.3. The number of amides is 1. The molecule has 150 valence electrons. The summed E-state index contributed by atoms with van der Waals surface area (Å²) in [6.45, 7) is 0.408. The third-order valence-electron chi connectivity index (χ3n) is 4.30. The predicted octanol–water partition coefficient (Wildman–Crippen LogP) is 5.20. The SMILES string of the molecule is O=C(NN=Cc1cc2ccccc2nc1Cl)c1ccn(Cc2ccc(Cl)cc2Cl)n1. The molecule has 9 heteroatoms. The van der Waals surface area contributed by atoms with Gasteiger partial charge in [-0.15, -0.1) is 0 Å². The Balaban J connectivity index is 1.43. The first-order valence-electron chi connectivity index (χ1n) is 8.86. The van der Waals surface area contributed by atoms with Crippen LogP contribution in [0.5, 0.6) is 0 Å². The highest BCUT2D eigenvalue weighted by Gasteiger charge is 2.10. The molecule has 0 bridgehead atoms. The Bertz CT molecular complexity index is 1270. The summed E-state index contributed by atoms with van der Waals surface area (Å²) in [6, 6.07) is 16.3. The number of carbonyl (C=O) groups is 1. The summed E-state index contributed by atoms with van der Waals surface area (Å²) < 4.78 is 1.61. The van der Waals surface area contributed by atoms with Crippen molar-refractivity contribution in [1.29, 1.82) is 0 Å². The third kappa shape index (κ3) is 4.62. The largest absolute Gasteiger partial charge is 0.291 e. The third-order valence-corrected chi connectivity index (χ3v) is 5.18. The van der Waals surface area contributed by atoms with E-state index in [-0.39, 0.29) is 5.69 Å². The van der Waals surface area contributed by atoms with Crippen LogP contribution in [0.25, 0.3) is 10.9 Å². The van der Waals surface area contributed by atoms with E-state index in [1.165, 1.54) is 6.21 Å². The van der Waals surface area contributed by atoms with E-state index in [4.69, 9.17) is 34.8 Å². The van der Waals surface area contributed by atoms with Gasteiger partial charge >= 0.3 is 0 Å². The monoisotopic (exact) mass is 457 g/mol. The number of hydrogen-bond acceptors (Lipinski definition) is 4. The Morgan fingerprint density at radius 1 is 1.10 bits per heavy atom. The summed E-state index contributed by atoms with van der Waals surface area (Å²) in [4.78, 5) is 16.6. The number of nitrogens with zero attached hydrogens (tertiary/aromatic N) is 4. The average Bonchev–Trinajstić information content (AvgIpc) is 3.19. The highest BCUT2D eigenvalue weighted by Crippen LogP contribution is 2.22. The van der Waals surface area contributed by atoms with E-state index in [9.17, 15) is 4.79 Å². The van der Waals surface area contributed by atoms with Crippen LogP contribution in [0.2, 0.25) is 15.2 Å². The molecule has 4 aromatic rings. The van der Waals surface area contributed by atoms with Gasteiger partial charge in [0.15, 0.2) is 5.69 Å². The number of aromatic nitrogens is 3. The molecule has 0 aliphatic rings. The number of pyridine rings is 1. The number of para-hydroxylation sites is 1. The molecule has 0 saturated heterocycles. The van der Waals surface area contributed by atoms with E-state index >= 15 is 0 Å². The van der Waals surface area contributed by atoms with E-state index in [0.717, 1.165) is 16.5 Å². The number of benzene rings is 2. The van der Waals surface area contributed by atoms with Crippen LogP contribution >= 0.6 is 34.8 Å². The number of hydrazone groups is 1. The molecule has 0 spiro atoms. The van der Waals surface area contributed by atoms with Crippen molar-refractivity contribution in [1.82, 2.24) is 20.2 Å². The van der Waals surface area contributed by atoms with Crippen molar-refractivity contribution < 1.29 is 4.79 Å². The van der Waals surface area contributed by atoms with Gasteiger partial charge < -0.3 is 0 Å². The molecule has 2 heterocycles. The molecule has 1 amide bonds. The van der Waals surface area contributed by atoms with Gasteiger partial charge in [0.1, 0.15) is 5.15 Å². The number of rotatable bonds is 5. The molecule has 6 nitrogen and oxygen atoms in total. The molecule has 2 aromatic heterocycles. The molecule has 0 aliphatic heterocycles. The van der Waals surface area contributed by atoms with Crippen LogP contribution in [0.15, 0.2) is 65.9 Å². The highest BCUT2D eigenvalue weighted by molar-refractivity contribution is 6.35. The molecule has 0 radical (unpaired) electrons. The maximum absolute atomic E-state index is 12.3. The fraction of sp³-hybridized carbons (Fsp3) is 0.0476. The van der Waals surface area contributed by atoms with Crippen LogP contribution in [0.1, 0.15) is 21.6 Å². The molecule has 0 fully saturated rings. The Morgan fingerprint density at radius 3 is 2.77 bits per heavy atom. The van der Waals surface area contributed by atoms with Crippen molar-refractivity contribution in [3.8, 4) is 0 Å². The lowest BCUT2D eigenvalue weighted by molar-refractivity contribution is 0.0949. The quantitative estimate of drug-likeness (QED) is 0.254. The Labute approximate surface area is 187 Å². The molecule has 1 N–H and O–H groups in total. The predicted molar refractivity (Wildman–Crippen MR) is 120 cm³/mol. The maximum Gasteiger partial charge on any atom is 0.291 e. The molecule has 30 heavy (non-hydrogen) atoms. The summed E-state index contributed by atoms with van der Waals surface area (Å²) in [5.41, 5.74) is 4.89. The van der Waals surface area contributed by atoms with Gasteiger partial charge in [0.2, 0.25) is 0 Å². The Morgan fingerprint density at radius 2 is 1.93 bits per heavy atom. The number of nitrogens with one attached hydrogen (secondary N) is 1. The van der Waals surface area contributed by atoms with E-state index in [1.807, 2.05) is 36.4 Å². The zero-order valence-electron chi connectivity index (χ0n) is 15.4. The molecular formula is C21H14Cl3N5O. The van der Waals surface area contributed by atoms with Gasteiger partial charge in [0.05, 0.1) is 18.3 Å². The lowest BCUT2D eigenvalue weighted by Gasteiger charge is -2.05. The molecule has 0 aliphatic carbocycles. The zero-order chi connectivity index (χ0) is 21.1. The second-order valence-electron chi connectivity index (χ2n) is 6.39. The smallest absolute Gasteiger partial charge is 0.267 e. The molecular weight excluding hydrogens is 445 g/mol. The van der Waals surface area contributed by atoms with Crippen LogP contribution in [0.4, 0.5) is 0 Å². The average molecular weight is 459 g/mol. The van der Waals surface area contributed by atoms with Crippen molar-refractivity contribution in [3.05, 3.63) is 92.8 Å². The van der Waals surface area contributed by atoms with Crippen molar-refractivity contribution in [3.63, 3.8) is 0 Å². The van der Waals surface area contributed by atoms with Crippen LogP contribution < -0.4 is 5.43 Å². The second-order valence-corrected chi connectivity index (χ2v) is 7.60. The minimum atomic E-state index is -0.447. The van der Waals surface area contributed by atoms with Crippen LogP contribution in [0.3, 0.4) is 0 Å². The number of hydrogen-bond donors (Lipinski definition) is 1. The van der Waals surface area contributed by atoms with E-state index in [1.54, 1.807) is 29.1 Å². The standard InChI is InChI=1S/C21H14Cl3N5O/c22-16-6-5-14(17(23)10-16)12-29-8-7-19(28-29)21(30)27-25-11-15-9-13-3-1-2-4-18(13)26-20(15)24/h1-11H,12H2,(H,27,30). The maximum atomic E-state index is 12.3.